The zero-order valence-electron chi connectivity index (χ0n) is 14.3. The molecule has 7 nitrogen and oxygen atoms in total. The van der Waals surface area contributed by atoms with Gasteiger partial charge in [-0.05, 0) is 59.1 Å². The number of rotatable bonds is 4. The van der Waals surface area contributed by atoms with Crippen LogP contribution in [0.4, 0.5) is 5.82 Å². The maximum absolute atomic E-state index is 12.8. The van der Waals surface area contributed by atoms with Crippen molar-refractivity contribution in [3.8, 4) is 6.07 Å². The molecule has 1 aliphatic heterocycles. The second kappa shape index (κ2) is 8.17. The van der Waals surface area contributed by atoms with E-state index in [-0.39, 0.29) is 29.8 Å². The number of anilines is 1. The molecule has 0 aliphatic carbocycles. The number of carbonyl (C=O) groups excluding carboxylic acids is 1. The Labute approximate surface area is 166 Å². The van der Waals surface area contributed by atoms with Crippen molar-refractivity contribution in [2.24, 2.45) is 5.92 Å². The first-order valence-electron chi connectivity index (χ1n) is 8.33. The molecule has 27 heavy (non-hydrogen) atoms. The summed E-state index contributed by atoms with van der Waals surface area (Å²) in [6.07, 6.45) is 2.46. The lowest BCUT2D eigenvalue weighted by Gasteiger charge is -2.30. The van der Waals surface area contributed by atoms with Gasteiger partial charge in [0.1, 0.15) is 5.82 Å². The number of sulfonamides is 1. The molecule has 1 aliphatic rings. The summed E-state index contributed by atoms with van der Waals surface area (Å²) >= 11 is 3.29. The number of hydrogen-bond acceptors (Lipinski definition) is 5. The van der Waals surface area contributed by atoms with Gasteiger partial charge in [0, 0.05) is 29.7 Å². The van der Waals surface area contributed by atoms with E-state index in [0.29, 0.717) is 24.2 Å². The Bertz CT molecular complexity index is 978. The Hall–Kier alpha value is -2.28. The minimum absolute atomic E-state index is 0.100. The van der Waals surface area contributed by atoms with Gasteiger partial charge in [-0.2, -0.15) is 9.57 Å². The number of nitrogens with zero attached hydrogens (tertiary/aromatic N) is 3. The summed E-state index contributed by atoms with van der Waals surface area (Å²) in [6.45, 7) is 0.510. The zero-order chi connectivity index (χ0) is 19.4. The molecule has 0 atom stereocenters. The molecular formula is C18H17BrN4O3S. The molecule has 1 amide bonds. The minimum Gasteiger partial charge on any atom is -0.310 e. The Morgan fingerprint density at radius 2 is 2.00 bits per heavy atom. The van der Waals surface area contributed by atoms with E-state index in [1.807, 2.05) is 6.07 Å². The molecule has 1 aromatic carbocycles. The minimum atomic E-state index is -3.67. The highest BCUT2D eigenvalue weighted by atomic mass is 79.9. The van der Waals surface area contributed by atoms with Crippen LogP contribution in [0.5, 0.6) is 0 Å². The quantitative estimate of drug-likeness (QED) is 0.773. The highest BCUT2D eigenvalue weighted by Gasteiger charge is 2.32. The highest BCUT2D eigenvalue weighted by Crippen LogP contribution is 2.25. The molecule has 2 heterocycles. The number of aromatic nitrogens is 1. The van der Waals surface area contributed by atoms with Gasteiger partial charge in [-0.15, -0.1) is 0 Å². The fourth-order valence-corrected chi connectivity index (χ4v) is 4.66. The van der Waals surface area contributed by atoms with Crippen molar-refractivity contribution in [1.82, 2.24) is 9.29 Å². The summed E-state index contributed by atoms with van der Waals surface area (Å²) in [5.74, 6) is 0.0345. The van der Waals surface area contributed by atoms with Crippen LogP contribution in [0, 0.1) is 17.2 Å². The monoisotopic (exact) mass is 448 g/mol. The molecule has 1 aromatic heterocycles. The van der Waals surface area contributed by atoms with Gasteiger partial charge in [0.15, 0.2) is 0 Å². The van der Waals surface area contributed by atoms with E-state index in [0.717, 1.165) is 4.47 Å². The number of pyridine rings is 1. The smallest absolute Gasteiger partial charge is 0.243 e. The summed E-state index contributed by atoms with van der Waals surface area (Å²) in [6, 6.07) is 11.4. The zero-order valence-corrected chi connectivity index (χ0v) is 16.7. The van der Waals surface area contributed by atoms with Crippen molar-refractivity contribution in [2.45, 2.75) is 17.7 Å². The third-order valence-corrected chi connectivity index (χ3v) is 6.77. The van der Waals surface area contributed by atoms with Crippen molar-refractivity contribution in [3.05, 3.63) is 52.6 Å². The molecule has 0 radical (unpaired) electrons. The van der Waals surface area contributed by atoms with Crippen LogP contribution in [-0.4, -0.2) is 36.7 Å². The van der Waals surface area contributed by atoms with Crippen LogP contribution in [0.3, 0.4) is 0 Å². The predicted octanol–water partition coefficient (Wildman–Crippen LogP) is 2.76. The first-order chi connectivity index (χ1) is 12.9. The van der Waals surface area contributed by atoms with Gasteiger partial charge in [0.25, 0.3) is 0 Å². The fourth-order valence-electron chi connectivity index (χ4n) is 2.91. The lowest BCUT2D eigenvalue weighted by atomic mass is 9.97. The molecule has 1 fully saturated rings. The van der Waals surface area contributed by atoms with E-state index in [1.165, 1.54) is 16.4 Å². The van der Waals surface area contributed by atoms with Crippen LogP contribution in [0.1, 0.15) is 18.4 Å². The topological polar surface area (TPSA) is 103 Å². The molecule has 1 N–H and O–H groups in total. The summed E-state index contributed by atoms with van der Waals surface area (Å²) in [4.78, 5) is 16.6. The largest absolute Gasteiger partial charge is 0.310 e. The van der Waals surface area contributed by atoms with Crippen molar-refractivity contribution in [2.75, 3.05) is 18.4 Å². The molecule has 1 saturated heterocycles. The first kappa shape index (κ1) is 19.5. The van der Waals surface area contributed by atoms with Crippen molar-refractivity contribution in [3.63, 3.8) is 0 Å². The van der Waals surface area contributed by atoms with E-state index >= 15 is 0 Å². The Balaban J connectivity index is 1.63. The lowest BCUT2D eigenvalue weighted by Crippen LogP contribution is -2.41. The van der Waals surface area contributed by atoms with E-state index in [4.69, 9.17) is 5.26 Å². The van der Waals surface area contributed by atoms with Crippen molar-refractivity contribution >= 4 is 37.7 Å². The molecule has 3 rings (SSSR count). The van der Waals surface area contributed by atoms with Gasteiger partial charge < -0.3 is 5.32 Å². The third-order valence-electron chi connectivity index (χ3n) is 4.40. The molecule has 9 heteroatoms. The van der Waals surface area contributed by atoms with E-state index in [1.54, 1.807) is 30.5 Å². The number of halogens is 1. The number of piperidine rings is 1. The van der Waals surface area contributed by atoms with Crippen LogP contribution >= 0.6 is 15.9 Å². The van der Waals surface area contributed by atoms with Gasteiger partial charge >= 0.3 is 0 Å². The molecule has 0 spiro atoms. The lowest BCUT2D eigenvalue weighted by molar-refractivity contribution is -0.120. The van der Waals surface area contributed by atoms with Gasteiger partial charge in [-0.3, -0.25) is 4.79 Å². The molecule has 140 valence electrons. The number of hydrogen-bond donors (Lipinski definition) is 1. The Morgan fingerprint density at radius 1 is 1.26 bits per heavy atom. The molecule has 0 bridgehead atoms. The molecule has 0 unspecified atom stereocenters. The van der Waals surface area contributed by atoms with Crippen LogP contribution in [0.25, 0.3) is 0 Å². The van der Waals surface area contributed by atoms with Crippen LogP contribution < -0.4 is 5.32 Å². The van der Waals surface area contributed by atoms with Crippen LogP contribution in [-0.2, 0) is 14.8 Å². The van der Waals surface area contributed by atoms with Crippen LogP contribution in [0.15, 0.2) is 52.0 Å². The van der Waals surface area contributed by atoms with Gasteiger partial charge in [0.05, 0.1) is 16.5 Å². The number of nitriles is 1. The third kappa shape index (κ3) is 4.53. The Kier molecular flexibility index (Phi) is 5.89. The second-order valence-corrected chi connectivity index (χ2v) is 9.02. The van der Waals surface area contributed by atoms with E-state index in [9.17, 15) is 13.2 Å². The second-order valence-electron chi connectivity index (χ2n) is 6.17. The summed E-state index contributed by atoms with van der Waals surface area (Å²) < 4.78 is 27.7. The fraction of sp³-hybridized carbons (Fsp3) is 0.278. The number of benzene rings is 1. The summed E-state index contributed by atoms with van der Waals surface area (Å²) in [7, 11) is -3.67. The average Bonchev–Trinajstić information content (AvgIpc) is 2.70. The maximum atomic E-state index is 12.8. The highest BCUT2D eigenvalue weighted by molar-refractivity contribution is 9.10. The number of nitrogens with one attached hydrogen (secondary N) is 1. The molecule has 2 aromatic rings. The van der Waals surface area contributed by atoms with Crippen LogP contribution in [0.2, 0.25) is 0 Å². The summed E-state index contributed by atoms with van der Waals surface area (Å²) in [5, 5.41) is 11.7. The van der Waals surface area contributed by atoms with Gasteiger partial charge in [-0.1, -0.05) is 6.07 Å². The standard InChI is InChI=1S/C18H17BrN4O3S/c19-15-4-5-17(21-12-15)22-18(24)14-6-8-23(9-7-14)27(25,26)16-3-1-2-13(10-16)11-20/h1-5,10,12,14H,6-9H2,(H,21,22,24). The van der Waals surface area contributed by atoms with Gasteiger partial charge in [-0.25, -0.2) is 13.4 Å². The SMILES string of the molecule is N#Cc1cccc(S(=O)(=O)N2CCC(C(=O)Nc3ccc(Br)cn3)CC2)c1. The average molecular weight is 449 g/mol. The number of carbonyl (C=O) groups is 1. The van der Waals surface area contributed by atoms with Gasteiger partial charge in [0.2, 0.25) is 15.9 Å². The summed E-state index contributed by atoms with van der Waals surface area (Å²) in [5.41, 5.74) is 0.298. The predicted molar refractivity (Wildman–Crippen MR) is 103 cm³/mol. The molecule has 0 saturated carbocycles. The van der Waals surface area contributed by atoms with Crippen molar-refractivity contribution in [1.29, 1.82) is 5.26 Å². The Morgan fingerprint density at radius 3 is 2.63 bits per heavy atom. The van der Waals surface area contributed by atoms with E-state index < -0.39 is 10.0 Å². The first-order valence-corrected chi connectivity index (χ1v) is 10.6. The molecular weight excluding hydrogens is 432 g/mol. The maximum Gasteiger partial charge on any atom is 0.243 e. The number of amides is 1. The van der Waals surface area contributed by atoms with Crippen molar-refractivity contribution < 1.29 is 13.2 Å². The van der Waals surface area contributed by atoms with E-state index in [2.05, 4.69) is 26.2 Å². The normalized spacial score (nSPS) is 15.9.